The molecule has 0 saturated carbocycles. The standard InChI is InChI=1S/C13H20N2O/c1-9-6-12(4-5-14-9)16-13-7-10(2)15-11(3)8-13/h7-9,12,14H,4-6H2,1-3H3/t9-,12-/m0/s1. The Labute approximate surface area is 97.2 Å². The predicted octanol–water partition coefficient (Wildman–Crippen LogP) is 2.22. The summed E-state index contributed by atoms with van der Waals surface area (Å²) in [7, 11) is 0. The summed E-state index contributed by atoms with van der Waals surface area (Å²) in [6.45, 7) is 7.27. The van der Waals surface area contributed by atoms with Gasteiger partial charge in [-0.25, -0.2) is 0 Å². The molecule has 0 unspecified atom stereocenters. The molecular weight excluding hydrogens is 200 g/mol. The second-order valence-electron chi connectivity index (χ2n) is 4.71. The average molecular weight is 220 g/mol. The number of hydrogen-bond acceptors (Lipinski definition) is 3. The second kappa shape index (κ2) is 4.83. The number of aryl methyl sites for hydroxylation is 2. The van der Waals surface area contributed by atoms with Crippen molar-refractivity contribution in [1.29, 1.82) is 0 Å². The van der Waals surface area contributed by atoms with Crippen molar-refractivity contribution in [3.05, 3.63) is 23.5 Å². The van der Waals surface area contributed by atoms with Gasteiger partial charge in [-0.3, -0.25) is 4.98 Å². The quantitative estimate of drug-likeness (QED) is 0.829. The van der Waals surface area contributed by atoms with Crippen molar-refractivity contribution in [3.63, 3.8) is 0 Å². The van der Waals surface area contributed by atoms with Crippen LogP contribution >= 0.6 is 0 Å². The van der Waals surface area contributed by atoms with Crippen LogP contribution in [-0.4, -0.2) is 23.7 Å². The first-order valence-electron chi connectivity index (χ1n) is 5.99. The van der Waals surface area contributed by atoms with Gasteiger partial charge in [-0.1, -0.05) is 0 Å². The fourth-order valence-electron chi connectivity index (χ4n) is 2.25. The summed E-state index contributed by atoms with van der Waals surface area (Å²) < 4.78 is 6.01. The van der Waals surface area contributed by atoms with Crippen LogP contribution in [0.25, 0.3) is 0 Å². The molecule has 3 nitrogen and oxygen atoms in total. The number of hydrogen-bond donors (Lipinski definition) is 1. The van der Waals surface area contributed by atoms with Crippen LogP contribution in [0.15, 0.2) is 12.1 Å². The number of nitrogens with zero attached hydrogens (tertiary/aromatic N) is 1. The van der Waals surface area contributed by atoms with E-state index in [4.69, 9.17) is 4.74 Å². The highest BCUT2D eigenvalue weighted by molar-refractivity contribution is 5.26. The molecule has 0 spiro atoms. The maximum atomic E-state index is 6.01. The van der Waals surface area contributed by atoms with Crippen LogP contribution in [-0.2, 0) is 0 Å². The lowest BCUT2D eigenvalue weighted by molar-refractivity contribution is 0.144. The molecule has 2 atom stereocenters. The van der Waals surface area contributed by atoms with Gasteiger partial charge in [0.15, 0.2) is 0 Å². The molecule has 16 heavy (non-hydrogen) atoms. The first-order chi connectivity index (χ1) is 7.63. The number of pyridine rings is 1. The van der Waals surface area contributed by atoms with E-state index in [0.717, 1.165) is 36.5 Å². The normalized spacial score (nSPS) is 25.4. The van der Waals surface area contributed by atoms with E-state index < -0.39 is 0 Å². The fraction of sp³-hybridized carbons (Fsp3) is 0.615. The van der Waals surface area contributed by atoms with Crippen LogP contribution in [0.3, 0.4) is 0 Å². The molecule has 3 heteroatoms. The molecule has 1 aliphatic rings. The van der Waals surface area contributed by atoms with Gasteiger partial charge in [0, 0.05) is 29.6 Å². The van der Waals surface area contributed by atoms with Gasteiger partial charge in [0.2, 0.25) is 0 Å². The Morgan fingerprint density at radius 1 is 1.31 bits per heavy atom. The third-order valence-electron chi connectivity index (χ3n) is 2.93. The Bertz CT molecular complexity index is 345. The average Bonchev–Trinajstić information content (AvgIpc) is 2.15. The number of piperidine rings is 1. The first-order valence-corrected chi connectivity index (χ1v) is 5.99. The molecule has 0 amide bonds. The molecule has 1 aromatic heterocycles. The van der Waals surface area contributed by atoms with Gasteiger partial charge in [-0.05, 0) is 40.2 Å². The number of ether oxygens (including phenoxy) is 1. The van der Waals surface area contributed by atoms with E-state index in [1.807, 2.05) is 26.0 Å². The van der Waals surface area contributed by atoms with E-state index in [1.54, 1.807) is 0 Å². The third kappa shape index (κ3) is 2.95. The molecule has 1 N–H and O–H groups in total. The lowest BCUT2D eigenvalue weighted by Crippen LogP contribution is -2.40. The van der Waals surface area contributed by atoms with Gasteiger partial charge in [-0.15, -0.1) is 0 Å². The second-order valence-corrected chi connectivity index (χ2v) is 4.71. The minimum Gasteiger partial charge on any atom is -0.490 e. The molecule has 1 fully saturated rings. The zero-order valence-corrected chi connectivity index (χ0v) is 10.3. The minimum absolute atomic E-state index is 0.345. The van der Waals surface area contributed by atoms with Gasteiger partial charge in [0.1, 0.15) is 11.9 Å². The molecule has 1 saturated heterocycles. The van der Waals surface area contributed by atoms with E-state index in [0.29, 0.717) is 12.1 Å². The summed E-state index contributed by atoms with van der Waals surface area (Å²) in [5, 5.41) is 3.43. The van der Waals surface area contributed by atoms with E-state index in [9.17, 15) is 0 Å². The van der Waals surface area contributed by atoms with Crippen LogP contribution in [0, 0.1) is 13.8 Å². The molecule has 2 rings (SSSR count). The molecule has 0 bridgehead atoms. The lowest BCUT2D eigenvalue weighted by Gasteiger charge is -2.28. The number of aromatic nitrogens is 1. The van der Waals surface area contributed by atoms with Crippen molar-refractivity contribution in [1.82, 2.24) is 10.3 Å². The fourth-order valence-corrected chi connectivity index (χ4v) is 2.25. The van der Waals surface area contributed by atoms with Crippen molar-refractivity contribution in [2.45, 2.75) is 45.8 Å². The zero-order chi connectivity index (χ0) is 11.5. The highest BCUT2D eigenvalue weighted by Crippen LogP contribution is 2.19. The Hall–Kier alpha value is -1.09. The van der Waals surface area contributed by atoms with E-state index >= 15 is 0 Å². The molecule has 88 valence electrons. The summed E-state index contributed by atoms with van der Waals surface area (Å²) in [6, 6.07) is 4.59. The van der Waals surface area contributed by atoms with Gasteiger partial charge in [0.25, 0.3) is 0 Å². The largest absolute Gasteiger partial charge is 0.490 e. The maximum absolute atomic E-state index is 6.01. The van der Waals surface area contributed by atoms with Crippen LogP contribution < -0.4 is 10.1 Å². The minimum atomic E-state index is 0.345. The molecular formula is C13H20N2O. The van der Waals surface area contributed by atoms with Gasteiger partial charge in [-0.2, -0.15) is 0 Å². The van der Waals surface area contributed by atoms with Gasteiger partial charge in [0.05, 0.1) is 0 Å². The Morgan fingerprint density at radius 3 is 2.62 bits per heavy atom. The molecule has 0 radical (unpaired) electrons. The third-order valence-corrected chi connectivity index (χ3v) is 2.93. The molecule has 0 aliphatic carbocycles. The van der Waals surface area contributed by atoms with Crippen LogP contribution in [0.4, 0.5) is 0 Å². The summed E-state index contributed by atoms with van der Waals surface area (Å²) in [5.41, 5.74) is 2.05. The van der Waals surface area contributed by atoms with E-state index in [1.165, 1.54) is 0 Å². The summed E-state index contributed by atoms with van der Waals surface area (Å²) in [6.07, 6.45) is 2.52. The first kappa shape index (κ1) is 11.4. The van der Waals surface area contributed by atoms with Gasteiger partial charge < -0.3 is 10.1 Å². The summed E-state index contributed by atoms with van der Waals surface area (Å²) in [5.74, 6) is 0.962. The van der Waals surface area contributed by atoms with E-state index in [2.05, 4.69) is 17.2 Å². The van der Waals surface area contributed by atoms with Crippen molar-refractivity contribution in [3.8, 4) is 5.75 Å². The molecule has 0 aromatic carbocycles. The van der Waals surface area contributed by atoms with Gasteiger partial charge >= 0.3 is 0 Å². The summed E-state index contributed by atoms with van der Waals surface area (Å²) in [4.78, 5) is 4.35. The number of nitrogens with one attached hydrogen (secondary N) is 1. The highest BCUT2D eigenvalue weighted by Gasteiger charge is 2.19. The van der Waals surface area contributed by atoms with Crippen LogP contribution in [0.2, 0.25) is 0 Å². The van der Waals surface area contributed by atoms with Crippen LogP contribution in [0.1, 0.15) is 31.2 Å². The Morgan fingerprint density at radius 2 is 2.00 bits per heavy atom. The van der Waals surface area contributed by atoms with Crippen molar-refractivity contribution >= 4 is 0 Å². The Balaban J connectivity index is 2.02. The highest BCUT2D eigenvalue weighted by atomic mass is 16.5. The summed E-state index contributed by atoms with van der Waals surface area (Å²) >= 11 is 0. The monoisotopic (exact) mass is 220 g/mol. The van der Waals surface area contributed by atoms with Crippen molar-refractivity contribution < 1.29 is 4.74 Å². The van der Waals surface area contributed by atoms with E-state index in [-0.39, 0.29) is 0 Å². The lowest BCUT2D eigenvalue weighted by atomic mass is 10.0. The number of rotatable bonds is 2. The molecule has 1 aliphatic heterocycles. The smallest absolute Gasteiger partial charge is 0.123 e. The Kier molecular flexibility index (Phi) is 3.44. The molecule has 2 heterocycles. The predicted molar refractivity (Wildman–Crippen MR) is 64.8 cm³/mol. The zero-order valence-electron chi connectivity index (χ0n) is 10.3. The maximum Gasteiger partial charge on any atom is 0.123 e. The van der Waals surface area contributed by atoms with Crippen molar-refractivity contribution in [2.75, 3.05) is 6.54 Å². The van der Waals surface area contributed by atoms with Crippen LogP contribution in [0.5, 0.6) is 5.75 Å². The molecule has 1 aromatic rings. The topological polar surface area (TPSA) is 34.1 Å². The van der Waals surface area contributed by atoms with Crippen molar-refractivity contribution in [2.24, 2.45) is 0 Å². The SMILES string of the molecule is Cc1cc(O[C@H]2CCN[C@@H](C)C2)cc(C)n1.